The van der Waals surface area contributed by atoms with Gasteiger partial charge in [0.25, 0.3) is 0 Å². The fraction of sp³-hybridized carbons (Fsp3) is 0.538. The highest BCUT2D eigenvalue weighted by molar-refractivity contribution is 6.87. The van der Waals surface area contributed by atoms with Crippen molar-refractivity contribution in [3.63, 3.8) is 0 Å². The van der Waals surface area contributed by atoms with Gasteiger partial charge in [-0.1, -0.05) is 135 Å². The quantitative estimate of drug-likeness (QED) is 0.180. The average Bonchev–Trinajstić information content (AvgIpc) is 3.05. The second-order valence-corrected chi connectivity index (χ2v) is 23.9. The van der Waals surface area contributed by atoms with E-state index in [2.05, 4.69) is 177 Å². The van der Waals surface area contributed by atoms with Crippen LogP contribution in [0.3, 0.4) is 0 Å². The van der Waals surface area contributed by atoms with E-state index in [1.807, 2.05) is 0 Å². The first-order valence-electron chi connectivity index (χ1n) is 18.0. The molecule has 3 aromatic rings. The lowest BCUT2D eigenvalue weighted by Crippen LogP contribution is -2.61. The van der Waals surface area contributed by atoms with Gasteiger partial charge >= 0.3 is 21.4 Å². The zero-order valence-corrected chi connectivity index (χ0v) is 36.6. The van der Waals surface area contributed by atoms with E-state index in [9.17, 15) is 0 Å². The smallest absolute Gasteiger partial charge is 0.445 e. The molecule has 0 unspecified atom stereocenters. The van der Waals surface area contributed by atoms with Gasteiger partial charge in [0.1, 0.15) is 0 Å². The Morgan fingerprint density at radius 1 is 0.353 bits per heavy atom. The van der Waals surface area contributed by atoms with Crippen LogP contribution in [-0.2, 0) is 43.8 Å². The normalized spacial score (nSPS) is 15.5. The van der Waals surface area contributed by atoms with E-state index in [1.54, 1.807) is 0 Å². The maximum Gasteiger partial charge on any atom is 0.467 e. The summed E-state index contributed by atoms with van der Waals surface area (Å²) in [6.07, 6.45) is 0. The molecular weight excluding hydrogens is 681 g/mol. The van der Waals surface area contributed by atoms with Crippen LogP contribution in [0.25, 0.3) is 0 Å². The molecule has 1 saturated heterocycles. The molecule has 1 heterocycles. The van der Waals surface area contributed by atoms with Gasteiger partial charge in [-0.25, -0.2) is 0 Å². The molecule has 6 radical (unpaired) electrons. The van der Waals surface area contributed by atoms with Gasteiger partial charge in [-0.2, -0.15) is 0 Å². The molecule has 1 fully saturated rings. The maximum atomic E-state index is 6.56. The van der Waals surface area contributed by atoms with Crippen LogP contribution in [0.5, 0.6) is 0 Å². The van der Waals surface area contributed by atoms with Crippen LogP contribution >= 0.6 is 0 Å². The molecule has 6 nitrogen and oxygen atoms in total. The molecule has 1 aliphatic heterocycles. The summed E-state index contributed by atoms with van der Waals surface area (Å²) in [4.78, 5) is 0. The molecule has 0 amide bonds. The second-order valence-electron chi connectivity index (χ2n) is 18.2. The number of hydrogen-bond donors (Lipinski definition) is 0. The molecule has 1 aliphatic rings. The van der Waals surface area contributed by atoms with Gasteiger partial charge in [0, 0.05) is 0 Å². The Kier molecular flexibility index (Phi) is 13.1. The summed E-state index contributed by atoms with van der Waals surface area (Å²) in [5, 5.41) is 0.311. The fourth-order valence-electron chi connectivity index (χ4n) is 5.05. The lowest BCUT2D eigenvalue weighted by atomic mass is 9.61. The Morgan fingerprint density at radius 3 is 0.725 bits per heavy atom. The van der Waals surface area contributed by atoms with Crippen molar-refractivity contribution in [3.05, 3.63) is 89.5 Å². The number of benzene rings is 3. The molecule has 12 heteroatoms. The van der Waals surface area contributed by atoms with Crippen molar-refractivity contribution in [2.45, 2.75) is 136 Å². The van der Waals surface area contributed by atoms with E-state index in [4.69, 9.17) is 27.0 Å². The summed E-state index contributed by atoms with van der Waals surface area (Å²) >= 11 is 0. The van der Waals surface area contributed by atoms with Crippen LogP contribution in [0.2, 0.25) is 15.1 Å². The van der Waals surface area contributed by atoms with Crippen LogP contribution in [0.1, 0.15) is 121 Å². The minimum absolute atomic E-state index is 0.104. The Balaban J connectivity index is 1.61. The van der Waals surface area contributed by atoms with E-state index in [1.165, 1.54) is 0 Å². The molecule has 0 aromatic heterocycles. The van der Waals surface area contributed by atoms with Gasteiger partial charge in [0.2, 0.25) is 29.3 Å². The molecule has 0 bridgehead atoms. The van der Waals surface area contributed by atoms with Crippen molar-refractivity contribution >= 4 is 67.0 Å². The van der Waals surface area contributed by atoms with Crippen molar-refractivity contribution in [3.8, 4) is 0 Å². The SMILES string of the molecule is CC(C)(C)[Si]OC(C)(C)c1ccc(B2OB(c3ccc(C(C)(C)O[Si]C(C)(C)C)cc3)OB(c3ccc(C(C)(C)O[Si]C(C)(C)C)cc3)O2)cc1. The second kappa shape index (κ2) is 15.9. The van der Waals surface area contributed by atoms with Crippen molar-refractivity contribution in [2.24, 2.45) is 0 Å². The fourth-order valence-corrected chi connectivity index (χ4v) is 7.09. The maximum absolute atomic E-state index is 6.56. The zero-order valence-electron chi connectivity index (χ0n) is 33.6. The first-order valence-corrected chi connectivity index (χ1v) is 20.7. The first kappa shape index (κ1) is 42.0. The van der Waals surface area contributed by atoms with E-state index in [-0.39, 0.29) is 15.1 Å². The molecule has 0 N–H and O–H groups in total. The lowest BCUT2D eigenvalue weighted by molar-refractivity contribution is 0.109. The summed E-state index contributed by atoms with van der Waals surface area (Å²) in [5.74, 6) is 0. The number of hydrogen-bond acceptors (Lipinski definition) is 6. The summed E-state index contributed by atoms with van der Waals surface area (Å²) in [5.41, 5.74) is 4.76. The van der Waals surface area contributed by atoms with Crippen molar-refractivity contribution in [1.82, 2.24) is 0 Å². The summed E-state index contributed by atoms with van der Waals surface area (Å²) in [7, 11) is -0.795. The highest BCUT2D eigenvalue weighted by atomic mass is 28.2. The third-order valence-corrected chi connectivity index (χ3v) is 11.9. The number of rotatable bonds is 12. The molecular formula is C39H57B3O6Si3. The molecule has 3 aromatic carbocycles. The Hall–Kier alpha value is -1.73. The molecule has 0 atom stereocenters. The van der Waals surface area contributed by atoms with Crippen molar-refractivity contribution < 1.29 is 27.0 Å². The van der Waals surface area contributed by atoms with Gasteiger partial charge in [-0.15, -0.1) is 0 Å². The monoisotopic (exact) mass is 738 g/mol. The first-order chi connectivity index (χ1) is 23.3. The Morgan fingerprint density at radius 2 is 0.549 bits per heavy atom. The van der Waals surface area contributed by atoms with Crippen LogP contribution in [-0.4, -0.2) is 50.6 Å². The minimum Gasteiger partial charge on any atom is -0.445 e. The molecule has 0 spiro atoms. The van der Waals surface area contributed by atoms with Crippen LogP contribution in [0, 0.1) is 0 Å². The Bertz CT molecular complexity index is 1370. The highest BCUT2D eigenvalue weighted by Crippen LogP contribution is 2.32. The third-order valence-electron chi connectivity index (χ3n) is 8.21. The Labute approximate surface area is 318 Å². The van der Waals surface area contributed by atoms with E-state index >= 15 is 0 Å². The molecule has 4 rings (SSSR count). The topological polar surface area (TPSA) is 55.4 Å². The minimum atomic E-state index is -0.650. The summed E-state index contributed by atoms with van der Waals surface area (Å²) in [6, 6.07) is 25.1. The lowest BCUT2D eigenvalue weighted by Gasteiger charge is -2.33. The predicted octanol–water partition coefficient (Wildman–Crippen LogP) is 7.50. The van der Waals surface area contributed by atoms with E-state index in [0.717, 1.165) is 33.1 Å². The van der Waals surface area contributed by atoms with Gasteiger partial charge in [-0.05, 0) is 89.7 Å². The van der Waals surface area contributed by atoms with Crippen molar-refractivity contribution in [2.75, 3.05) is 0 Å². The van der Waals surface area contributed by atoms with Crippen LogP contribution in [0.15, 0.2) is 72.8 Å². The predicted molar refractivity (Wildman–Crippen MR) is 217 cm³/mol. The summed E-state index contributed by atoms with van der Waals surface area (Å²) < 4.78 is 38.8. The summed E-state index contributed by atoms with van der Waals surface area (Å²) in [6.45, 7) is 32.5. The largest absolute Gasteiger partial charge is 0.467 e. The van der Waals surface area contributed by atoms with Gasteiger partial charge < -0.3 is 27.0 Å². The van der Waals surface area contributed by atoms with E-state index < -0.39 is 38.2 Å². The highest BCUT2D eigenvalue weighted by Gasteiger charge is 2.44. The molecule has 0 saturated carbocycles. The molecule has 51 heavy (non-hydrogen) atoms. The molecule has 270 valence electrons. The van der Waals surface area contributed by atoms with Crippen molar-refractivity contribution in [1.29, 1.82) is 0 Å². The van der Waals surface area contributed by atoms with Crippen LogP contribution in [0.4, 0.5) is 0 Å². The average molecular weight is 739 g/mol. The van der Waals surface area contributed by atoms with Gasteiger partial charge in [-0.3, -0.25) is 0 Å². The zero-order chi connectivity index (χ0) is 38.0. The van der Waals surface area contributed by atoms with Crippen LogP contribution < -0.4 is 16.4 Å². The van der Waals surface area contributed by atoms with Gasteiger partial charge in [0.15, 0.2) is 0 Å². The standard InChI is InChI=1S/C39H57B3O6Si3/c1-34(2,3)49-43-37(10,11)28-16-22-31(23-17-28)40-46-41(32-24-18-29(19-25-32)38(12,13)44-50-35(4,5)6)48-42(47-40)33-26-20-30(21-27-33)39(14,15)45-51-36(7,8)9/h16-27H,1-15H3. The third kappa shape index (κ3) is 12.4. The molecule has 0 aliphatic carbocycles. The van der Waals surface area contributed by atoms with Gasteiger partial charge in [0.05, 0.1) is 16.8 Å². The van der Waals surface area contributed by atoms with E-state index in [0.29, 0.717) is 29.3 Å².